The van der Waals surface area contributed by atoms with Crippen molar-refractivity contribution in [3.8, 4) is 0 Å². The van der Waals surface area contributed by atoms with Gasteiger partial charge in [-0.3, -0.25) is 9.69 Å². The van der Waals surface area contributed by atoms with Crippen LogP contribution in [0.2, 0.25) is 0 Å². The van der Waals surface area contributed by atoms with Crippen molar-refractivity contribution in [1.29, 1.82) is 0 Å². The highest BCUT2D eigenvalue weighted by atomic mass is 32.2. The number of carbonyl (C=O) groups excluding carboxylic acids is 1. The first-order valence-corrected chi connectivity index (χ1v) is 12.5. The van der Waals surface area contributed by atoms with E-state index in [2.05, 4.69) is 41.4 Å². The van der Waals surface area contributed by atoms with Crippen LogP contribution in [0, 0.1) is 12.8 Å². The Bertz CT molecular complexity index is 945. The minimum absolute atomic E-state index is 0.0311. The molecule has 1 N–H and O–H groups in total. The van der Waals surface area contributed by atoms with Crippen LogP contribution in [-0.2, 0) is 21.2 Å². The maximum atomic E-state index is 12.8. The average molecular weight is 429 g/mol. The number of amides is 1. The molecule has 1 aliphatic heterocycles. The summed E-state index contributed by atoms with van der Waals surface area (Å²) in [6, 6.07) is 15.4. The van der Waals surface area contributed by atoms with E-state index in [0.717, 1.165) is 44.5 Å². The minimum atomic E-state index is -3.21. The molecule has 1 heterocycles. The zero-order valence-electron chi connectivity index (χ0n) is 18.1. The maximum Gasteiger partial charge on any atom is 0.223 e. The van der Waals surface area contributed by atoms with Crippen LogP contribution < -0.4 is 5.32 Å². The summed E-state index contributed by atoms with van der Waals surface area (Å²) in [5.41, 5.74) is 3.52. The Balaban J connectivity index is 1.53. The molecule has 6 heteroatoms. The first-order valence-electron chi connectivity index (χ1n) is 10.6. The van der Waals surface area contributed by atoms with Crippen LogP contribution in [-0.4, -0.2) is 38.6 Å². The molecule has 2 aromatic rings. The standard InChI is InChI=1S/C24H32N2O3S/c1-4-23(20-9-11-22(12-10-20)30(3,28)29)25-24(27)21-13-15-26(16-14-21)17-19-7-5-18(2)6-8-19/h5-12,21,23H,4,13-17H2,1-3H3,(H,25,27)/t23-/m1/s1. The van der Waals surface area contributed by atoms with Crippen molar-refractivity contribution < 1.29 is 13.2 Å². The molecule has 5 nitrogen and oxygen atoms in total. The van der Waals surface area contributed by atoms with Crippen molar-refractivity contribution in [3.63, 3.8) is 0 Å². The number of hydrogen-bond donors (Lipinski definition) is 1. The van der Waals surface area contributed by atoms with Gasteiger partial charge in [-0.2, -0.15) is 0 Å². The molecule has 1 saturated heterocycles. The first-order chi connectivity index (χ1) is 14.3. The third-order valence-electron chi connectivity index (χ3n) is 5.92. The number of rotatable bonds is 7. The van der Waals surface area contributed by atoms with E-state index in [1.54, 1.807) is 24.3 Å². The molecule has 1 amide bonds. The quantitative estimate of drug-likeness (QED) is 0.727. The van der Waals surface area contributed by atoms with Crippen LogP contribution in [0.4, 0.5) is 0 Å². The van der Waals surface area contributed by atoms with Gasteiger partial charge in [0.05, 0.1) is 10.9 Å². The van der Waals surface area contributed by atoms with Crippen molar-refractivity contribution in [3.05, 3.63) is 65.2 Å². The van der Waals surface area contributed by atoms with E-state index in [9.17, 15) is 13.2 Å². The second kappa shape index (κ2) is 9.75. The molecule has 1 atom stereocenters. The van der Waals surface area contributed by atoms with E-state index in [1.807, 2.05) is 6.92 Å². The minimum Gasteiger partial charge on any atom is -0.349 e. The zero-order valence-corrected chi connectivity index (χ0v) is 18.9. The van der Waals surface area contributed by atoms with Crippen LogP contribution in [0.5, 0.6) is 0 Å². The molecule has 1 aliphatic rings. The van der Waals surface area contributed by atoms with Crippen LogP contribution in [0.15, 0.2) is 53.4 Å². The summed E-state index contributed by atoms with van der Waals surface area (Å²) < 4.78 is 23.3. The second-order valence-corrected chi connectivity index (χ2v) is 10.4. The normalized spacial score (nSPS) is 16.9. The van der Waals surface area contributed by atoms with Crippen LogP contribution in [0.25, 0.3) is 0 Å². The fraction of sp³-hybridized carbons (Fsp3) is 0.458. The Morgan fingerprint density at radius 1 is 1.07 bits per heavy atom. The summed E-state index contributed by atoms with van der Waals surface area (Å²) >= 11 is 0. The smallest absolute Gasteiger partial charge is 0.223 e. The molecule has 0 saturated carbocycles. The first kappa shape index (κ1) is 22.5. The van der Waals surface area contributed by atoms with Gasteiger partial charge in [-0.25, -0.2) is 8.42 Å². The fourth-order valence-corrected chi connectivity index (χ4v) is 4.59. The Hall–Kier alpha value is -2.18. The number of carbonyl (C=O) groups is 1. The van der Waals surface area contributed by atoms with Crippen LogP contribution >= 0.6 is 0 Å². The van der Waals surface area contributed by atoms with E-state index in [-0.39, 0.29) is 17.9 Å². The number of benzene rings is 2. The lowest BCUT2D eigenvalue weighted by Crippen LogP contribution is -2.41. The molecule has 2 aromatic carbocycles. The monoisotopic (exact) mass is 428 g/mol. The largest absolute Gasteiger partial charge is 0.349 e. The summed E-state index contributed by atoms with van der Waals surface area (Å²) in [5, 5.41) is 3.17. The van der Waals surface area contributed by atoms with Crippen molar-refractivity contribution in [1.82, 2.24) is 10.2 Å². The van der Waals surface area contributed by atoms with Gasteiger partial charge >= 0.3 is 0 Å². The van der Waals surface area contributed by atoms with E-state index in [0.29, 0.717) is 4.90 Å². The SMILES string of the molecule is CC[C@@H](NC(=O)C1CCN(Cc2ccc(C)cc2)CC1)c1ccc(S(C)(=O)=O)cc1. The number of hydrogen-bond acceptors (Lipinski definition) is 4. The highest BCUT2D eigenvalue weighted by molar-refractivity contribution is 7.90. The molecule has 30 heavy (non-hydrogen) atoms. The van der Waals surface area contributed by atoms with Gasteiger partial charge in [0.15, 0.2) is 9.84 Å². The average Bonchev–Trinajstić information content (AvgIpc) is 2.73. The van der Waals surface area contributed by atoms with Crippen molar-refractivity contribution in [2.24, 2.45) is 5.92 Å². The lowest BCUT2D eigenvalue weighted by Gasteiger charge is -2.32. The van der Waals surface area contributed by atoms with E-state index < -0.39 is 9.84 Å². The molecule has 0 unspecified atom stereocenters. The van der Waals surface area contributed by atoms with Crippen molar-refractivity contribution in [2.75, 3.05) is 19.3 Å². The molecule has 0 aromatic heterocycles. The van der Waals surface area contributed by atoms with Gasteiger partial charge < -0.3 is 5.32 Å². The number of likely N-dealkylation sites (tertiary alicyclic amines) is 1. The van der Waals surface area contributed by atoms with Gasteiger partial charge in [0.1, 0.15) is 0 Å². The third-order valence-corrected chi connectivity index (χ3v) is 7.05. The van der Waals surface area contributed by atoms with E-state index in [1.165, 1.54) is 17.4 Å². The van der Waals surface area contributed by atoms with E-state index >= 15 is 0 Å². The van der Waals surface area contributed by atoms with Gasteiger partial charge in [-0.05, 0) is 62.5 Å². The number of aryl methyl sites for hydroxylation is 1. The molecule has 0 radical (unpaired) electrons. The van der Waals surface area contributed by atoms with Gasteiger partial charge in [-0.15, -0.1) is 0 Å². The summed E-state index contributed by atoms with van der Waals surface area (Å²) in [6.07, 6.45) is 3.69. The molecule has 0 bridgehead atoms. The van der Waals surface area contributed by atoms with E-state index in [4.69, 9.17) is 0 Å². The third kappa shape index (κ3) is 5.92. The number of nitrogens with zero attached hydrogens (tertiary/aromatic N) is 1. The van der Waals surface area contributed by atoms with Gasteiger partial charge in [0.2, 0.25) is 5.91 Å². The molecular formula is C24H32N2O3S. The lowest BCUT2D eigenvalue weighted by molar-refractivity contribution is -0.127. The summed E-state index contributed by atoms with van der Waals surface area (Å²) in [5.74, 6) is 0.132. The Kier molecular flexibility index (Phi) is 7.32. The predicted molar refractivity (Wildman–Crippen MR) is 120 cm³/mol. The molecule has 0 spiro atoms. The second-order valence-electron chi connectivity index (χ2n) is 8.35. The maximum absolute atomic E-state index is 12.8. The zero-order chi connectivity index (χ0) is 21.7. The van der Waals surface area contributed by atoms with Crippen LogP contribution in [0.1, 0.15) is 48.9 Å². The summed E-state index contributed by atoms with van der Waals surface area (Å²) in [4.78, 5) is 15.6. The molecule has 162 valence electrons. The summed E-state index contributed by atoms with van der Waals surface area (Å²) in [7, 11) is -3.21. The van der Waals surface area contributed by atoms with Crippen LogP contribution in [0.3, 0.4) is 0 Å². The number of nitrogens with one attached hydrogen (secondary N) is 1. The summed E-state index contributed by atoms with van der Waals surface area (Å²) in [6.45, 7) is 6.90. The predicted octanol–water partition coefficient (Wildman–Crippen LogP) is 3.88. The Morgan fingerprint density at radius 2 is 1.67 bits per heavy atom. The topological polar surface area (TPSA) is 66.5 Å². The molecule has 1 fully saturated rings. The lowest BCUT2D eigenvalue weighted by atomic mass is 9.94. The van der Waals surface area contributed by atoms with Gasteiger partial charge in [0, 0.05) is 18.7 Å². The molecular weight excluding hydrogens is 396 g/mol. The van der Waals surface area contributed by atoms with Gasteiger partial charge in [-0.1, -0.05) is 48.9 Å². The Morgan fingerprint density at radius 3 is 2.20 bits per heavy atom. The highest BCUT2D eigenvalue weighted by Gasteiger charge is 2.26. The molecule has 0 aliphatic carbocycles. The highest BCUT2D eigenvalue weighted by Crippen LogP contribution is 2.23. The number of piperidine rings is 1. The van der Waals surface area contributed by atoms with Crippen molar-refractivity contribution in [2.45, 2.75) is 50.6 Å². The Labute approximate surface area is 180 Å². The fourth-order valence-electron chi connectivity index (χ4n) is 3.96. The van der Waals surface area contributed by atoms with Crippen molar-refractivity contribution >= 4 is 15.7 Å². The molecule has 3 rings (SSSR count). The van der Waals surface area contributed by atoms with Gasteiger partial charge in [0.25, 0.3) is 0 Å². The number of sulfone groups is 1.